The van der Waals surface area contributed by atoms with E-state index in [1.165, 1.54) is 22.3 Å². The molecule has 120 valence electrons. The number of rotatable bonds is 5. The van der Waals surface area contributed by atoms with Crippen LogP contribution in [0.3, 0.4) is 0 Å². The number of allylic oxidation sites excluding steroid dienone is 1. The standard InChI is InChI=1S/C20H20Cl2S/c1-13-10-15(3)17(11-14(13)2)6-5-9-23-16(4)19-8-7-18(21)12-20(19)22/h5,7-12H,4,6H2,1-3H3/b9-5+. The van der Waals surface area contributed by atoms with Gasteiger partial charge in [0.05, 0.1) is 5.02 Å². The normalized spacial score (nSPS) is 11.2. The first kappa shape index (κ1) is 18.2. The summed E-state index contributed by atoms with van der Waals surface area (Å²) in [5.41, 5.74) is 6.30. The minimum atomic E-state index is 0.633. The summed E-state index contributed by atoms with van der Waals surface area (Å²) in [5, 5.41) is 3.34. The van der Waals surface area contributed by atoms with E-state index in [9.17, 15) is 0 Å². The van der Waals surface area contributed by atoms with Gasteiger partial charge in [-0.2, -0.15) is 0 Å². The van der Waals surface area contributed by atoms with Crippen LogP contribution in [0.1, 0.15) is 27.8 Å². The van der Waals surface area contributed by atoms with E-state index in [1.54, 1.807) is 17.8 Å². The Morgan fingerprint density at radius 2 is 1.74 bits per heavy atom. The van der Waals surface area contributed by atoms with Crippen molar-refractivity contribution in [3.8, 4) is 0 Å². The summed E-state index contributed by atoms with van der Waals surface area (Å²) >= 11 is 13.7. The topological polar surface area (TPSA) is 0 Å². The first-order valence-corrected chi connectivity index (χ1v) is 9.04. The molecule has 0 aliphatic rings. The zero-order valence-corrected chi connectivity index (χ0v) is 15.9. The van der Waals surface area contributed by atoms with E-state index in [1.807, 2.05) is 12.1 Å². The first-order valence-electron chi connectivity index (χ1n) is 7.41. The molecule has 0 N–H and O–H groups in total. The van der Waals surface area contributed by atoms with Crippen molar-refractivity contribution in [3.63, 3.8) is 0 Å². The summed E-state index contributed by atoms with van der Waals surface area (Å²) in [5.74, 6) is 0. The van der Waals surface area contributed by atoms with Crippen LogP contribution in [0, 0.1) is 20.8 Å². The molecule has 0 saturated heterocycles. The van der Waals surface area contributed by atoms with Gasteiger partial charge in [-0.1, -0.05) is 65.8 Å². The van der Waals surface area contributed by atoms with Crippen molar-refractivity contribution in [2.24, 2.45) is 0 Å². The van der Waals surface area contributed by atoms with E-state index >= 15 is 0 Å². The van der Waals surface area contributed by atoms with Crippen LogP contribution in [0.15, 0.2) is 48.4 Å². The zero-order valence-electron chi connectivity index (χ0n) is 13.6. The van der Waals surface area contributed by atoms with Gasteiger partial charge in [0.25, 0.3) is 0 Å². The third-order valence-electron chi connectivity index (χ3n) is 3.83. The molecular formula is C20H20Cl2S. The highest BCUT2D eigenvalue weighted by Crippen LogP contribution is 2.33. The Balaban J connectivity index is 1.99. The quantitative estimate of drug-likeness (QED) is 0.534. The fraction of sp³-hybridized carbons (Fsp3) is 0.200. The maximum absolute atomic E-state index is 6.20. The molecule has 3 heteroatoms. The largest absolute Gasteiger partial charge is 0.0983 e. The molecule has 0 aromatic heterocycles. The van der Waals surface area contributed by atoms with Gasteiger partial charge in [-0.3, -0.25) is 0 Å². The maximum atomic E-state index is 6.20. The summed E-state index contributed by atoms with van der Waals surface area (Å²) in [6, 6.07) is 9.99. The molecule has 0 aliphatic carbocycles. The molecule has 0 fully saturated rings. The van der Waals surface area contributed by atoms with Crippen molar-refractivity contribution in [1.82, 2.24) is 0 Å². The van der Waals surface area contributed by atoms with Crippen LogP contribution in [-0.4, -0.2) is 0 Å². The Kier molecular flexibility index (Phi) is 6.41. The average molecular weight is 363 g/mol. The lowest BCUT2D eigenvalue weighted by Gasteiger charge is -2.08. The lowest BCUT2D eigenvalue weighted by atomic mass is 9.99. The molecule has 0 heterocycles. The van der Waals surface area contributed by atoms with Crippen molar-refractivity contribution >= 4 is 39.9 Å². The number of hydrogen-bond acceptors (Lipinski definition) is 1. The third kappa shape index (κ3) is 4.91. The molecule has 0 amide bonds. The predicted octanol–water partition coefficient (Wildman–Crippen LogP) is 7.38. The summed E-state index contributed by atoms with van der Waals surface area (Å²) in [6.07, 6.45) is 3.08. The molecule has 0 radical (unpaired) electrons. The minimum Gasteiger partial charge on any atom is -0.0983 e. The summed E-state index contributed by atoms with van der Waals surface area (Å²) in [4.78, 5) is 0.916. The Hall–Kier alpha value is -1.15. The molecule has 0 nitrogen and oxygen atoms in total. The predicted molar refractivity (Wildman–Crippen MR) is 107 cm³/mol. The molecule has 0 atom stereocenters. The van der Waals surface area contributed by atoms with Crippen LogP contribution >= 0.6 is 35.0 Å². The van der Waals surface area contributed by atoms with Crippen molar-refractivity contribution in [1.29, 1.82) is 0 Å². The number of hydrogen-bond donors (Lipinski definition) is 0. The fourth-order valence-corrected chi connectivity index (χ4v) is 3.56. The second-order valence-corrected chi connectivity index (χ2v) is 7.45. The van der Waals surface area contributed by atoms with Crippen LogP contribution in [0.25, 0.3) is 4.91 Å². The van der Waals surface area contributed by atoms with Gasteiger partial charge in [0.2, 0.25) is 0 Å². The maximum Gasteiger partial charge on any atom is 0.0504 e. The van der Waals surface area contributed by atoms with Gasteiger partial charge in [0.15, 0.2) is 0 Å². The van der Waals surface area contributed by atoms with E-state index in [2.05, 4.69) is 51.0 Å². The number of aryl methyl sites for hydroxylation is 3. The summed E-state index contributed by atoms with van der Waals surface area (Å²) in [6.45, 7) is 10.6. The van der Waals surface area contributed by atoms with Gasteiger partial charge in [-0.05, 0) is 67.0 Å². The van der Waals surface area contributed by atoms with Crippen LogP contribution < -0.4 is 0 Å². The zero-order chi connectivity index (χ0) is 17.0. The Morgan fingerprint density at radius 3 is 2.43 bits per heavy atom. The Morgan fingerprint density at radius 1 is 1.04 bits per heavy atom. The molecule has 0 saturated carbocycles. The van der Waals surface area contributed by atoms with Gasteiger partial charge in [-0.25, -0.2) is 0 Å². The minimum absolute atomic E-state index is 0.633. The van der Waals surface area contributed by atoms with E-state index in [-0.39, 0.29) is 0 Å². The third-order valence-corrected chi connectivity index (χ3v) is 5.21. The Bertz CT molecular complexity index is 760. The van der Waals surface area contributed by atoms with Gasteiger partial charge >= 0.3 is 0 Å². The molecule has 0 spiro atoms. The monoisotopic (exact) mass is 362 g/mol. The van der Waals surface area contributed by atoms with Gasteiger partial charge in [-0.15, -0.1) is 0 Å². The molecule has 0 bridgehead atoms. The lowest BCUT2D eigenvalue weighted by Crippen LogP contribution is -1.91. The van der Waals surface area contributed by atoms with Crippen molar-refractivity contribution < 1.29 is 0 Å². The molecular weight excluding hydrogens is 343 g/mol. The average Bonchev–Trinajstić information content (AvgIpc) is 2.48. The molecule has 23 heavy (non-hydrogen) atoms. The second-order valence-electron chi connectivity index (χ2n) is 5.60. The van der Waals surface area contributed by atoms with E-state index in [0.717, 1.165) is 16.9 Å². The lowest BCUT2D eigenvalue weighted by molar-refractivity contribution is 1.17. The highest BCUT2D eigenvalue weighted by Gasteiger charge is 2.05. The SMILES string of the molecule is C=C(S/C=C/Cc1cc(C)c(C)cc1C)c1ccc(Cl)cc1Cl. The van der Waals surface area contributed by atoms with Gasteiger partial charge < -0.3 is 0 Å². The van der Waals surface area contributed by atoms with Crippen LogP contribution in [0.5, 0.6) is 0 Å². The van der Waals surface area contributed by atoms with E-state index in [0.29, 0.717) is 10.0 Å². The second kappa shape index (κ2) is 8.10. The van der Waals surface area contributed by atoms with Crippen LogP contribution in [0.2, 0.25) is 10.0 Å². The highest BCUT2D eigenvalue weighted by atomic mass is 35.5. The molecule has 2 aromatic rings. The Labute approximate surface area is 153 Å². The number of benzene rings is 2. The first-order chi connectivity index (χ1) is 10.9. The van der Waals surface area contributed by atoms with Crippen molar-refractivity contribution in [2.75, 3.05) is 0 Å². The molecule has 0 aliphatic heterocycles. The smallest absolute Gasteiger partial charge is 0.0504 e. The summed E-state index contributed by atoms with van der Waals surface area (Å²) in [7, 11) is 0. The van der Waals surface area contributed by atoms with Crippen molar-refractivity contribution in [3.05, 3.63) is 86.3 Å². The van der Waals surface area contributed by atoms with Gasteiger partial charge in [0.1, 0.15) is 0 Å². The summed E-state index contributed by atoms with van der Waals surface area (Å²) < 4.78 is 0. The number of halogens is 2. The number of thioether (sulfide) groups is 1. The van der Waals surface area contributed by atoms with Crippen LogP contribution in [-0.2, 0) is 6.42 Å². The van der Waals surface area contributed by atoms with Crippen LogP contribution in [0.4, 0.5) is 0 Å². The fourth-order valence-electron chi connectivity index (χ4n) is 2.32. The van der Waals surface area contributed by atoms with E-state index < -0.39 is 0 Å². The molecule has 2 aromatic carbocycles. The van der Waals surface area contributed by atoms with Gasteiger partial charge in [0, 0.05) is 15.5 Å². The highest BCUT2D eigenvalue weighted by molar-refractivity contribution is 8.10. The van der Waals surface area contributed by atoms with Crippen molar-refractivity contribution in [2.45, 2.75) is 27.2 Å². The molecule has 2 rings (SSSR count). The van der Waals surface area contributed by atoms with E-state index in [4.69, 9.17) is 23.2 Å². The molecule has 0 unspecified atom stereocenters.